The van der Waals surface area contributed by atoms with Crippen LogP contribution in [-0.4, -0.2) is 28.2 Å². The summed E-state index contributed by atoms with van der Waals surface area (Å²) in [7, 11) is 0. The second kappa shape index (κ2) is 11.8. The van der Waals surface area contributed by atoms with Crippen molar-refractivity contribution in [2.24, 2.45) is 0 Å². The van der Waals surface area contributed by atoms with E-state index in [0.717, 1.165) is 66.6 Å². The Bertz CT molecular complexity index is 3470. The fourth-order valence-corrected chi connectivity index (χ4v) is 9.65. The summed E-state index contributed by atoms with van der Waals surface area (Å²) < 4.78 is 9.45. The summed E-state index contributed by atoms with van der Waals surface area (Å²) in [6.07, 6.45) is 3.79. The number of aromatic nitrogens is 6. The molecule has 270 valence electrons. The maximum atomic E-state index is 4.98. The Morgan fingerprint density at radius 3 is 0.983 bits per heavy atom. The van der Waals surface area contributed by atoms with E-state index in [2.05, 4.69) is 188 Å². The third-order valence-electron chi connectivity index (χ3n) is 12.0. The average Bonchev–Trinajstić information content (AvgIpc) is 4.01. The van der Waals surface area contributed by atoms with Gasteiger partial charge in [0.25, 0.3) is 0 Å². The fraction of sp³-hybridized carbons (Fsp3) is 0. The van der Waals surface area contributed by atoms with Crippen molar-refractivity contribution in [1.29, 1.82) is 0 Å². The molecule has 0 amide bonds. The van der Waals surface area contributed by atoms with Crippen LogP contribution in [0.1, 0.15) is 0 Å². The smallest absolute Gasteiger partial charge is 0.0964 e. The molecule has 58 heavy (non-hydrogen) atoms. The maximum absolute atomic E-state index is 4.98. The largest absolute Gasteiger partial charge is 0.309 e. The maximum Gasteiger partial charge on any atom is 0.0964 e. The molecule has 6 nitrogen and oxygen atoms in total. The number of nitrogens with zero attached hydrogens (tertiary/aromatic N) is 6. The number of fused-ring (bicyclic) bond motifs is 12. The highest BCUT2D eigenvalue weighted by Gasteiger charge is 2.20. The molecular formula is C52H32N6. The highest BCUT2D eigenvalue weighted by Crippen LogP contribution is 2.39. The lowest BCUT2D eigenvalue weighted by molar-refractivity contribution is 1.13. The van der Waals surface area contributed by atoms with Crippen molar-refractivity contribution in [3.05, 3.63) is 194 Å². The molecule has 0 saturated heterocycles. The first-order valence-electron chi connectivity index (χ1n) is 19.7. The molecule has 0 aliphatic carbocycles. The molecule has 0 unspecified atom stereocenters. The number of rotatable bonds is 4. The predicted molar refractivity (Wildman–Crippen MR) is 239 cm³/mol. The molecule has 6 aromatic heterocycles. The summed E-state index contributed by atoms with van der Waals surface area (Å²) in [5.41, 5.74) is 15.4. The van der Waals surface area contributed by atoms with Gasteiger partial charge in [0.2, 0.25) is 0 Å². The molecule has 0 fully saturated rings. The van der Waals surface area contributed by atoms with Crippen LogP contribution in [0.5, 0.6) is 0 Å². The van der Waals surface area contributed by atoms with Gasteiger partial charge in [-0.2, -0.15) is 0 Å². The number of hydrogen-bond donors (Lipinski definition) is 0. The highest BCUT2D eigenvalue weighted by atomic mass is 15.0. The second-order valence-corrected chi connectivity index (χ2v) is 15.1. The van der Waals surface area contributed by atoms with Gasteiger partial charge < -0.3 is 18.3 Å². The minimum atomic E-state index is 0.976. The molecule has 6 heteroatoms. The van der Waals surface area contributed by atoms with Crippen LogP contribution in [0.15, 0.2) is 194 Å². The van der Waals surface area contributed by atoms with E-state index in [1.54, 1.807) is 0 Å². The zero-order valence-corrected chi connectivity index (χ0v) is 31.2. The molecule has 0 N–H and O–H groups in total. The second-order valence-electron chi connectivity index (χ2n) is 15.1. The van der Waals surface area contributed by atoms with Gasteiger partial charge in [0, 0.05) is 67.5 Å². The number of benzene rings is 7. The van der Waals surface area contributed by atoms with Crippen LogP contribution in [0.25, 0.3) is 110 Å². The average molecular weight is 741 g/mol. The topological polar surface area (TPSA) is 45.5 Å². The first-order chi connectivity index (χ1) is 28.8. The zero-order chi connectivity index (χ0) is 37.9. The Hall–Kier alpha value is -7.96. The van der Waals surface area contributed by atoms with Gasteiger partial charge in [-0.1, -0.05) is 78.9 Å². The minimum Gasteiger partial charge on any atom is -0.309 e. The van der Waals surface area contributed by atoms with Gasteiger partial charge in [-0.05, 0) is 103 Å². The summed E-state index contributed by atoms with van der Waals surface area (Å²) >= 11 is 0. The fourth-order valence-electron chi connectivity index (χ4n) is 9.65. The van der Waals surface area contributed by atoms with E-state index >= 15 is 0 Å². The van der Waals surface area contributed by atoms with Gasteiger partial charge in [0.1, 0.15) is 0 Å². The van der Waals surface area contributed by atoms with Gasteiger partial charge in [-0.25, -0.2) is 0 Å². The number of hydrogen-bond acceptors (Lipinski definition) is 2. The van der Waals surface area contributed by atoms with Crippen molar-refractivity contribution in [2.75, 3.05) is 0 Å². The zero-order valence-electron chi connectivity index (χ0n) is 31.2. The van der Waals surface area contributed by atoms with Crippen LogP contribution in [0.4, 0.5) is 0 Å². The Morgan fingerprint density at radius 2 is 0.569 bits per heavy atom. The molecule has 0 atom stereocenters. The van der Waals surface area contributed by atoms with Crippen molar-refractivity contribution >= 4 is 87.5 Å². The summed E-state index contributed by atoms with van der Waals surface area (Å²) in [5.74, 6) is 0. The number of para-hydroxylation sites is 4. The molecule has 0 aliphatic heterocycles. The standard InChI is InChI=1S/C52H32N6/c1-5-18-43-37(14-1)38-15-2-6-19-44(38)55(43)35-24-26-47-41(31-35)51-49(22-10-28-53-51)57(47)33-12-9-13-34(30-33)58-48-27-25-36(32-42(48)52-50(58)23-11-29-54-52)56-45-20-7-3-16-39(45)40-17-4-8-21-46(40)56/h1-32H. The molecule has 0 spiro atoms. The summed E-state index contributed by atoms with van der Waals surface area (Å²) in [6.45, 7) is 0. The monoisotopic (exact) mass is 740 g/mol. The van der Waals surface area contributed by atoms with Gasteiger partial charge in [0.15, 0.2) is 0 Å². The van der Waals surface area contributed by atoms with Crippen LogP contribution >= 0.6 is 0 Å². The van der Waals surface area contributed by atoms with Crippen molar-refractivity contribution < 1.29 is 0 Å². The van der Waals surface area contributed by atoms with Crippen molar-refractivity contribution in [3.8, 4) is 22.7 Å². The molecule has 13 aromatic rings. The van der Waals surface area contributed by atoms with Gasteiger partial charge >= 0.3 is 0 Å². The Balaban J connectivity index is 1.00. The van der Waals surface area contributed by atoms with Gasteiger partial charge in [-0.15, -0.1) is 0 Å². The van der Waals surface area contributed by atoms with Crippen LogP contribution in [-0.2, 0) is 0 Å². The molecule has 7 aromatic carbocycles. The lowest BCUT2D eigenvalue weighted by Gasteiger charge is -2.13. The van der Waals surface area contributed by atoms with Gasteiger partial charge in [0.05, 0.1) is 55.2 Å². The predicted octanol–water partition coefficient (Wildman–Crippen LogP) is 12.9. The van der Waals surface area contributed by atoms with Crippen LogP contribution < -0.4 is 0 Å². The Kier molecular flexibility index (Phi) is 6.35. The lowest BCUT2D eigenvalue weighted by atomic mass is 10.2. The molecular weight excluding hydrogens is 709 g/mol. The first-order valence-corrected chi connectivity index (χ1v) is 19.7. The highest BCUT2D eigenvalue weighted by molar-refractivity contribution is 6.13. The third kappa shape index (κ3) is 4.26. The van der Waals surface area contributed by atoms with E-state index < -0.39 is 0 Å². The molecule has 0 saturated carbocycles. The Labute approximate surface area is 331 Å². The quantitative estimate of drug-likeness (QED) is 0.180. The van der Waals surface area contributed by atoms with E-state index in [1.165, 1.54) is 43.6 Å². The summed E-state index contributed by atoms with van der Waals surface area (Å²) in [4.78, 5) is 9.96. The molecule has 6 heterocycles. The normalized spacial score (nSPS) is 12.1. The van der Waals surface area contributed by atoms with Crippen molar-refractivity contribution in [2.45, 2.75) is 0 Å². The van der Waals surface area contributed by atoms with Gasteiger partial charge in [-0.3, -0.25) is 9.97 Å². The summed E-state index contributed by atoms with van der Waals surface area (Å²) in [5, 5.41) is 7.22. The minimum absolute atomic E-state index is 0.976. The Morgan fingerprint density at radius 1 is 0.241 bits per heavy atom. The van der Waals surface area contributed by atoms with E-state index in [9.17, 15) is 0 Å². The lowest BCUT2D eigenvalue weighted by Crippen LogP contribution is -1.99. The van der Waals surface area contributed by atoms with Crippen LogP contribution in [0, 0.1) is 0 Å². The third-order valence-corrected chi connectivity index (χ3v) is 12.0. The molecule has 0 radical (unpaired) electrons. The van der Waals surface area contributed by atoms with Crippen LogP contribution in [0.3, 0.4) is 0 Å². The van der Waals surface area contributed by atoms with E-state index in [4.69, 9.17) is 9.97 Å². The van der Waals surface area contributed by atoms with E-state index in [-0.39, 0.29) is 0 Å². The van der Waals surface area contributed by atoms with Crippen molar-refractivity contribution in [3.63, 3.8) is 0 Å². The molecule has 0 aliphatic rings. The van der Waals surface area contributed by atoms with Crippen LogP contribution in [0.2, 0.25) is 0 Å². The van der Waals surface area contributed by atoms with E-state index in [0.29, 0.717) is 0 Å². The summed E-state index contributed by atoms with van der Waals surface area (Å²) in [6, 6.07) is 65.5. The van der Waals surface area contributed by atoms with E-state index in [1.807, 2.05) is 24.5 Å². The SMILES string of the molecule is c1cc(-n2c3ccc(-n4c5ccccc5c5ccccc54)cc3c3ncccc32)cc(-n2c3ccc(-n4c5ccccc5c5ccccc54)cc3c3ncccc32)c1. The molecule has 0 bridgehead atoms. The number of pyridine rings is 2. The first kappa shape index (κ1) is 31.3. The van der Waals surface area contributed by atoms with Crippen molar-refractivity contribution in [1.82, 2.24) is 28.2 Å². The molecule has 13 rings (SSSR count).